The highest BCUT2D eigenvalue weighted by Crippen LogP contribution is 2.62. The third-order valence-electron chi connectivity index (χ3n) is 5.83. The van der Waals surface area contributed by atoms with Crippen LogP contribution in [-0.4, -0.2) is 19.1 Å². The lowest BCUT2D eigenvalue weighted by Crippen LogP contribution is -2.60. The molecule has 0 aliphatic heterocycles. The second-order valence-corrected chi connectivity index (χ2v) is 8.96. The average Bonchev–Trinajstić information content (AvgIpc) is 2.29. The van der Waals surface area contributed by atoms with Crippen molar-refractivity contribution in [3.8, 4) is 0 Å². The molecule has 2 amide bonds. The lowest BCUT2D eigenvalue weighted by molar-refractivity contribution is -0.0901. The Labute approximate surface area is 123 Å². The SMILES string of the molecule is CNC(=O)NC1C2CC3CC1CC(CC(C)(C)C)(C3)C2. The number of urea groups is 1. The molecule has 0 aromatic carbocycles. The van der Waals surface area contributed by atoms with Crippen LogP contribution >= 0.6 is 0 Å². The molecule has 2 unspecified atom stereocenters. The van der Waals surface area contributed by atoms with Crippen molar-refractivity contribution in [2.45, 2.75) is 65.3 Å². The van der Waals surface area contributed by atoms with Gasteiger partial charge in [0.2, 0.25) is 0 Å². The van der Waals surface area contributed by atoms with Crippen molar-refractivity contribution in [2.24, 2.45) is 28.6 Å². The standard InChI is InChI=1S/C17H30N2O/c1-16(2,3)10-17-7-11-5-12(8-17)14(13(6-11)9-17)19-15(20)18-4/h11-14H,5-10H2,1-4H3,(H2,18,19,20). The zero-order valence-electron chi connectivity index (χ0n) is 13.5. The highest BCUT2D eigenvalue weighted by Gasteiger charge is 2.56. The summed E-state index contributed by atoms with van der Waals surface area (Å²) in [7, 11) is 1.71. The molecule has 0 aromatic rings. The number of nitrogens with one attached hydrogen (secondary N) is 2. The van der Waals surface area contributed by atoms with E-state index < -0.39 is 0 Å². The van der Waals surface area contributed by atoms with Gasteiger partial charge in [-0.1, -0.05) is 20.8 Å². The quantitative estimate of drug-likeness (QED) is 0.797. The van der Waals surface area contributed by atoms with E-state index in [0.717, 1.165) is 17.8 Å². The van der Waals surface area contributed by atoms with Gasteiger partial charge in [-0.15, -0.1) is 0 Å². The van der Waals surface area contributed by atoms with Crippen LogP contribution in [0, 0.1) is 28.6 Å². The van der Waals surface area contributed by atoms with Gasteiger partial charge in [-0.2, -0.15) is 0 Å². The van der Waals surface area contributed by atoms with Crippen LogP contribution in [0.4, 0.5) is 4.79 Å². The molecule has 4 bridgehead atoms. The highest BCUT2D eigenvalue weighted by molar-refractivity contribution is 5.73. The van der Waals surface area contributed by atoms with Gasteiger partial charge in [-0.3, -0.25) is 0 Å². The first-order chi connectivity index (χ1) is 9.30. The van der Waals surface area contributed by atoms with Crippen molar-refractivity contribution >= 4 is 6.03 Å². The second kappa shape index (κ2) is 4.64. The minimum Gasteiger partial charge on any atom is -0.341 e. The summed E-state index contributed by atoms with van der Waals surface area (Å²) in [5, 5.41) is 5.96. The van der Waals surface area contributed by atoms with Crippen LogP contribution in [0.25, 0.3) is 0 Å². The van der Waals surface area contributed by atoms with E-state index in [2.05, 4.69) is 31.4 Å². The lowest BCUT2D eigenvalue weighted by atomic mass is 9.46. The molecule has 2 N–H and O–H groups in total. The molecule has 0 spiro atoms. The molecule has 3 heteroatoms. The van der Waals surface area contributed by atoms with Gasteiger partial charge in [-0.05, 0) is 67.1 Å². The maximum absolute atomic E-state index is 11.7. The number of carbonyl (C=O) groups excluding carboxylic acids is 1. The predicted octanol–water partition coefficient (Wildman–Crippen LogP) is 3.55. The zero-order valence-corrected chi connectivity index (χ0v) is 13.5. The summed E-state index contributed by atoms with van der Waals surface area (Å²) >= 11 is 0. The Morgan fingerprint density at radius 3 is 2.25 bits per heavy atom. The lowest BCUT2D eigenvalue weighted by Gasteiger charge is -2.61. The second-order valence-electron chi connectivity index (χ2n) is 8.96. The van der Waals surface area contributed by atoms with Crippen LogP contribution in [0.3, 0.4) is 0 Å². The van der Waals surface area contributed by atoms with Gasteiger partial charge in [0.15, 0.2) is 0 Å². The van der Waals surface area contributed by atoms with E-state index in [-0.39, 0.29) is 6.03 Å². The minimum absolute atomic E-state index is 0.00680. The van der Waals surface area contributed by atoms with Gasteiger partial charge in [0.25, 0.3) is 0 Å². The van der Waals surface area contributed by atoms with E-state index in [1.54, 1.807) is 7.05 Å². The minimum atomic E-state index is 0.00680. The van der Waals surface area contributed by atoms with Crippen LogP contribution in [0.5, 0.6) is 0 Å². The summed E-state index contributed by atoms with van der Waals surface area (Å²) in [6.45, 7) is 7.14. The number of hydrogen-bond donors (Lipinski definition) is 2. The monoisotopic (exact) mass is 278 g/mol. The molecule has 3 nitrogen and oxygen atoms in total. The first kappa shape index (κ1) is 14.2. The van der Waals surface area contributed by atoms with Crippen LogP contribution in [0.1, 0.15) is 59.3 Å². The van der Waals surface area contributed by atoms with Crippen molar-refractivity contribution in [1.29, 1.82) is 0 Å². The molecule has 4 fully saturated rings. The Hall–Kier alpha value is -0.730. The van der Waals surface area contributed by atoms with Crippen molar-refractivity contribution in [3.05, 3.63) is 0 Å². The van der Waals surface area contributed by atoms with E-state index in [0.29, 0.717) is 16.9 Å². The fourth-order valence-corrected chi connectivity index (χ4v) is 5.99. The summed E-state index contributed by atoms with van der Waals surface area (Å²) in [4.78, 5) is 11.7. The van der Waals surface area contributed by atoms with E-state index in [4.69, 9.17) is 0 Å². The van der Waals surface area contributed by atoms with Gasteiger partial charge < -0.3 is 10.6 Å². The Bertz CT molecular complexity index is 382. The predicted molar refractivity (Wildman–Crippen MR) is 81.4 cm³/mol. The maximum Gasteiger partial charge on any atom is 0.314 e. The van der Waals surface area contributed by atoms with E-state index >= 15 is 0 Å². The molecular weight excluding hydrogens is 248 g/mol. The van der Waals surface area contributed by atoms with Crippen molar-refractivity contribution in [3.63, 3.8) is 0 Å². The van der Waals surface area contributed by atoms with Crippen LogP contribution < -0.4 is 10.6 Å². The molecule has 4 rings (SSSR count). The van der Waals surface area contributed by atoms with Crippen molar-refractivity contribution in [2.75, 3.05) is 7.05 Å². The molecule has 4 saturated carbocycles. The van der Waals surface area contributed by atoms with Gasteiger partial charge in [0, 0.05) is 13.1 Å². The summed E-state index contributed by atoms with van der Waals surface area (Å²) in [5.41, 5.74) is 1.00. The normalized spacial score (nSPS) is 42.6. The average molecular weight is 278 g/mol. The number of rotatable bonds is 2. The zero-order chi connectivity index (χ0) is 14.5. The topological polar surface area (TPSA) is 41.1 Å². The fourth-order valence-electron chi connectivity index (χ4n) is 5.99. The molecule has 2 atom stereocenters. The van der Waals surface area contributed by atoms with Gasteiger partial charge in [0.1, 0.15) is 0 Å². The van der Waals surface area contributed by atoms with Crippen molar-refractivity contribution in [1.82, 2.24) is 10.6 Å². The van der Waals surface area contributed by atoms with Crippen LogP contribution in [0.15, 0.2) is 0 Å². The first-order valence-electron chi connectivity index (χ1n) is 8.28. The summed E-state index contributed by atoms with van der Waals surface area (Å²) < 4.78 is 0. The summed E-state index contributed by atoms with van der Waals surface area (Å²) in [6, 6.07) is 0.437. The fraction of sp³-hybridized carbons (Fsp3) is 0.941. The Morgan fingerprint density at radius 2 is 1.75 bits per heavy atom. The molecule has 0 radical (unpaired) electrons. The summed E-state index contributed by atoms with van der Waals surface area (Å²) in [5.74, 6) is 2.37. The van der Waals surface area contributed by atoms with Gasteiger partial charge in [0.05, 0.1) is 0 Å². The van der Waals surface area contributed by atoms with Crippen LogP contribution in [-0.2, 0) is 0 Å². The molecule has 0 heterocycles. The first-order valence-corrected chi connectivity index (χ1v) is 8.28. The largest absolute Gasteiger partial charge is 0.341 e. The van der Waals surface area contributed by atoms with Gasteiger partial charge in [-0.25, -0.2) is 4.79 Å². The third-order valence-corrected chi connectivity index (χ3v) is 5.83. The molecule has 0 aromatic heterocycles. The molecule has 20 heavy (non-hydrogen) atoms. The Morgan fingerprint density at radius 1 is 1.15 bits per heavy atom. The van der Waals surface area contributed by atoms with Gasteiger partial charge >= 0.3 is 6.03 Å². The Kier molecular flexibility index (Phi) is 3.30. The molecule has 0 saturated heterocycles. The molecular formula is C17H30N2O. The highest BCUT2D eigenvalue weighted by atomic mass is 16.2. The molecule has 4 aliphatic rings. The van der Waals surface area contributed by atoms with E-state index in [1.165, 1.54) is 38.5 Å². The van der Waals surface area contributed by atoms with Crippen molar-refractivity contribution < 1.29 is 4.79 Å². The molecule has 114 valence electrons. The summed E-state index contributed by atoms with van der Waals surface area (Å²) in [6.07, 6.45) is 8.17. The number of hydrogen-bond acceptors (Lipinski definition) is 1. The Balaban J connectivity index is 1.75. The van der Waals surface area contributed by atoms with Crippen LogP contribution in [0.2, 0.25) is 0 Å². The number of amides is 2. The molecule has 4 aliphatic carbocycles. The third kappa shape index (κ3) is 2.56. The van der Waals surface area contributed by atoms with E-state index in [1.807, 2.05) is 0 Å². The van der Waals surface area contributed by atoms with E-state index in [9.17, 15) is 4.79 Å². The maximum atomic E-state index is 11.7. The number of carbonyl (C=O) groups is 1. The smallest absolute Gasteiger partial charge is 0.314 e.